The third-order valence-corrected chi connectivity index (χ3v) is 3.09. The molecule has 2 nitrogen and oxygen atoms in total. The lowest BCUT2D eigenvalue weighted by Crippen LogP contribution is -2.29. The first-order chi connectivity index (χ1) is 7.30. The fourth-order valence-corrected chi connectivity index (χ4v) is 1.76. The van der Waals surface area contributed by atoms with Gasteiger partial charge in [-0.2, -0.15) is 0 Å². The Morgan fingerprint density at radius 1 is 1.56 bits per heavy atom. The van der Waals surface area contributed by atoms with Crippen LogP contribution < -0.4 is 0 Å². The Labute approximate surface area is 99.0 Å². The minimum absolute atomic E-state index is 0.341. The van der Waals surface area contributed by atoms with Gasteiger partial charge in [-0.1, -0.05) is 18.2 Å². The molecule has 0 aromatic carbocycles. The molecule has 0 aliphatic heterocycles. The summed E-state index contributed by atoms with van der Waals surface area (Å²) in [6.45, 7) is 11.9. The van der Waals surface area contributed by atoms with Gasteiger partial charge in [0.1, 0.15) is 0 Å². The van der Waals surface area contributed by atoms with E-state index >= 15 is 0 Å². The van der Waals surface area contributed by atoms with Gasteiger partial charge in [-0.3, -0.25) is 0 Å². The molecular weight excluding hydrogens is 198 g/mol. The third-order valence-electron chi connectivity index (χ3n) is 3.09. The number of hydroxylamine groups is 1. The molecule has 0 saturated heterocycles. The topological polar surface area (TPSA) is 26.1 Å². The van der Waals surface area contributed by atoms with Crippen LogP contribution in [0.2, 0.25) is 0 Å². The molecule has 90 valence electrons. The first-order valence-corrected chi connectivity index (χ1v) is 5.96. The first-order valence-electron chi connectivity index (χ1n) is 5.96. The Hall–Kier alpha value is -1.05. The zero-order valence-corrected chi connectivity index (χ0v) is 10.9. The molecule has 2 heteroatoms. The zero-order valence-electron chi connectivity index (χ0n) is 10.9. The molecule has 1 aliphatic carbocycles. The van der Waals surface area contributed by atoms with E-state index in [2.05, 4.69) is 19.6 Å². The van der Waals surface area contributed by atoms with E-state index < -0.39 is 0 Å². The van der Waals surface area contributed by atoms with Gasteiger partial charge >= 0.3 is 0 Å². The Morgan fingerprint density at radius 2 is 2.19 bits per heavy atom. The van der Waals surface area contributed by atoms with Crippen molar-refractivity contribution in [2.75, 3.05) is 0 Å². The summed E-state index contributed by atoms with van der Waals surface area (Å²) in [4.78, 5) is 0. The summed E-state index contributed by atoms with van der Waals surface area (Å²) in [5.41, 5.74) is 2.08. The third kappa shape index (κ3) is 3.51. The fourth-order valence-electron chi connectivity index (χ4n) is 1.76. The Kier molecular flexibility index (Phi) is 3.95. The molecule has 0 fully saturated rings. The summed E-state index contributed by atoms with van der Waals surface area (Å²) in [7, 11) is 0. The van der Waals surface area contributed by atoms with Gasteiger partial charge in [0, 0.05) is 26.3 Å². The summed E-state index contributed by atoms with van der Waals surface area (Å²) in [6, 6.07) is 0. The fraction of sp³-hybridized carbons (Fsp3) is 0.643. The normalized spacial score (nSPS) is 22.9. The summed E-state index contributed by atoms with van der Waals surface area (Å²) < 4.78 is 1.06. The lowest BCUT2D eigenvalue weighted by Gasteiger charge is -2.22. The number of allylic oxidation sites excluding steroid dienone is 3. The highest BCUT2D eigenvalue weighted by molar-refractivity contribution is 5.74. The molecule has 0 heterocycles. The van der Waals surface area contributed by atoms with Gasteiger partial charge < -0.3 is 5.21 Å². The second kappa shape index (κ2) is 4.86. The van der Waals surface area contributed by atoms with E-state index in [4.69, 9.17) is 0 Å². The maximum Gasteiger partial charge on any atom is 0.177 e. The van der Waals surface area contributed by atoms with E-state index in [1.165, 1.54) is 11.1 Å². The van der Waals surface area contributed by atoms with Crippen LogP contribution in [0.3, 0.4) is 0 Å². The average Bonchev–Trinajstić information content (AvgIpc) is 2.17. The predicted octanol–water partition coefficient (Wildman–Crippen LogP) is 3.67. The minimum atomic E-state index is -0.341. The predicted molar refractivity (Wildman–Crippen MR) is 69.7 cm³/mol. The van der Waals surface area contributed by atoms with E-state index in [1.807, 2.05) is 20.8 Å². The quantitative estimate of drug-likeness (QED) is 0.230. The van der Waals surface area contributed by atoms with Crippen LogP contribution >= 0.6 is 0 Å². The smallest absolute Gasteiger partial charge is 0.177 e. The van der Waals surface area contributed by atoms with Crippen molar-refractivity contribution in [1.82, 2.24) is 0 Å². The van der Waals surface area contributed by atoms with Gasteiger partial charge in [0.15, 0.2) is 11.8 Å². The Balaban J connectivity index is 2.69. The van der Waals surface area contributed by atoms with Crippen molar-refractivity contribution in [3.63, 3.8) is 0 Å². The van der Waals surface area contributed by atoms with E-state index in [0.717, 1.165) is 24.0 Å². The van der Waals surface area contributed by atoms with Crippen LogP contribution in [-0.4, -0.2) is 16.5 Å². The monoisotopic (exact) mass is 221 g/mol. The van der Waals surface area contributed by atoms with Crippen molar-refractivity contribution in [3.8, 4) is 0 Å². The highest BCUT2D eigenvalue weighted by Crippen LogP contribution is 2.27. The van der Waals surface area contributed by atoms with Gasteiger partial charge in [-0.15, -0.1) is 0 Å². The molecule has 1 atom stereocenters. The lowest BCUT2D eigenvalue weighted by atomic mass is 9.86. The summed E-state index contributed by atoms with van der Waals surface area (Å²) in [5, 5.41) is 11.8. The van der Waals surface area contributed by atoms with Gasteiger partial charge in [0.2, 0.25) is 0 Å². The van der Waals surface area contributed by atoms with Crippen molar-refractivity contribution >= 4 is 6.21 Å². The van der Waals surface area contributed by atoms with Crippen LogP contribution in [0.15, 0.2) is 23.8 Å². The van der Waals surface area contributed by atoms with Gasteiger partial charge in [0.25, 0.3) is 0 Å². The van der Waals surface area contributed by atoms with Crippen molar-refractivity contribution in [1.29, 1.82) is 0 Å². The van der Waals surface area contributed by atoms with Crippen molar-refractivity contribution in [2.45, 2.75) is 52.5 Å². The first kappa shape index (κ1) is 13.0. The van der Waals surface area contributed by atoms with Gasteiger partial charge in [0.05, 0.1) is 0 Å². The summed E-state index contributed by atoms with van der Waals surface area (Å²) in [5.74, 6) is 0.604. The minimum Gasteiger partial charge on any atom is -0.623 e. The second-order valence-electron chi connectivity index (χ2n) is 5.72. The second-order valence-corrected chi connectivity index (χ2v) is 5.72. The largest absolute Gasteiger partial charge is 0.623 e. The molecule has 0 aromatic rings. The Bertz CT molecular complexity index is 331. The molecule has 0 spiro atoms. The molecule has 0 aromatic heterocycles. The van der Waals surface area contributed by atoms with E-state index in [9.17, 15) is 5.21 Å². The maximum atomic E-state index is 11.8. The highest BCUT2D eigenvalue weighted by atomic mass is 16.5. The molecular formula is C14H23NO. The average molecular weight is 221 g/mol. The van der Waals surface area contributed by atoms with E-state index in [1.54, 1.807) is 6.21 Å². The summed E-state index contributed by atoms with van der Waals surface area (Å²) in [6.07, 6.45) is 7.06. The number of nitrogens with zero attached hydrogens (tertiary/aromatic N) is 1. The van der Waals surface area contributed by atoms with Crippen LogP contribution in [0.4, 0.5) is 0 Å². The van der Waals surface area contributed by atoms with Crippen LogP contribution in [0.5, 0.6) is 0 Å². The molecule has 0 saturated carbocycles. The van der Waals surface area contributed by atoms with Crippen LogP contribution in [0, 0.1) is 11.1 Å². The van der Waals surface area contributed by atoms with Crippen molar-refractivity contribution in [2.24, 2.45) is 5.92 Å². The SMILES string of the molecule is C=C(C)[C@@H]1CC=C(/C=[N+](\[O-])C(C)(C)C)CC1. The van der Waals surface area contributed by atoms with E-state index in [-0.39, 0.29) is 5.54 Å². The molecule has 0 unspecified atom stereocenters. The lowest BCUT2D eigenvalue weighted by molar-refractivity contribution is -0.530. The highest BCUT2D eigenvalue weighted by Gasteiger charge is 2.20. The number of hydrogen-bond donors (Lipinski definition) is 0. The van der Waals surface area contributed by atoms with Crippen molar-refractivity contribution < 1.29 is 4.74 Å². The standard InChI is InChI=1S/C14H23NO/c1-11(2)13-8-6-12(7-9-13)10-15(16)14(3,4)5/h6,10,13H,1,7-9H2,2-5H3/b15-10-/t13-/m1/s1. The van der Waals surface area contributed by atoms with Crippen LogP contribution in [0.1, 0.15) is 47.0 Å². The zero-order chi connectivity index (χ0) is 12.3. The Morgan fingerprint density at radius 3 is 2.56 bits per heavy atom. The molecule has 1 aliphatic rings. The van der Waals surface area contributed by atoms with Crippen LogP contribution in [0.25, 0.3) is 0 Å². The molecule has 1 rings (SSSR count). The van der Waals surface area contributed by atoms with Gasteiger partial charge in [-0.25, -0.2) is 4.74 Å². The summed E-state index contributed by atoms with van der Waals surface area (Å²) >= 11 is 0. The molecule has 0 radical (unpaired) electrons. The number of rotatable bonds is 2. The van der Waals surface area contributed by atoms with Gasteiger partial charge in [-0.05, 0) is 32.1 Å². The molecule has 0 bridgehead atoms. The molecule has 0 amide bonds. The molecule has 16 heavy (non-hydrogen) atoms. The maximum absolute atomic E-state index is 11.8. The molecule has 0 N–H and O–H groups in total. The number of hydrogen-bond acceptors (Lipinski definition) is 1. The van der Waals surface area contributed by atoms with Crippen molar-refractivity contribution in [3.05, 3.63) is 29.0 Å². The van der Waals surface area contributed by atoms with E-state index in [0.29, 0.717) is 5.92 Å². The van der Waals surface area contributed by atoms with Crippen LogP contribution in [-0.2, 0) is 0 Å².